The highest BCUT2D eigenvalue weighted by molar-refractivity contribution is 5.54. The van der Waals surface area contributed by atoms with Crippen molar-refractivity contribution in [2.24, 2.45) is 44.7 Å². The van der Waals surface area contributed by atoms with E-state index < -0.39 is 0 Å². The normalized spacial score (nSPS) is 37.2. The Balaban J connectivity index is 1.25. The van der Waals surface area contributed by atoms with E-state index in [2.05, 4.69) is 113 Å². The molecule has 2 heteroatoms. The molecule has 1 heterocycles. The summed E-state index contributed by atoms with van der Waals surface area (Å²) in [5.41, 5.74) is 5.08. The van der Waals surface area contributed by atoms with E-state index in [1.807, 2.05) is 0 Å². The molecule has 3 aromatic rings. The molecule has 0 spiro atoms. The SMILES string of the molecule is CC1(C)[C](c2ccccc2)C2CCCC2[C]1c1cccc(C23N=NC(c4ccccc4)(C4CCCC42)C3(C)C)c1. The average molecular weight is 527 g/mol. The van der Waals surface area contributed by atoms with Crippen molar-refractivity contribution in [3.8, 4) is 0 Å². The van der Waals surface area contributed by atoms with Crippen molar-refractivity contribution < 1.29 is 0 Å². The van der Waals surface area contributed by atoms with E-state index >= 15 is 0 Å². The molecular weight excluding hydrogens is 484 g/mol. The zero-order chi connectivity index (χ0) is 27.3. The van der Waals surface area contributed by atoms with Crippen LogP contribution in [0.1, 0.15) is 88.5 Å². The molecule has 0 saturated heterocycles. The highest BCUT2D eigenvalue weighted by Gasteiger charge is 2.78. The minimum atomic E-state index is -0.273. The first-order valence-corrected chi connectivity index (χ1v) is 15.7. The van der Waals surface area contributed by atoms with Gasteiger partial charge in [0.05, 0.1) is 0 Å². The third-order valence-corrected chi connectivity index (χ3v) is 12.4. The fourth-order valence-electron chi connectivity index (χ4n) is 11.1. The largest absolute Gasteiger partial charge is 0.181 e. The summed E-state index contributed by atoms with van der Waals surface area (Å²) in [5, 5.41) is 10.7. The minimum absolute atomic E-state index is 0.0411. The predicted molar refractivity (Wildman–Crippen MR) is 161 cm³/mol. The fourth-order valence-corrected chi connectivity index (χ4v) is 11.1. The Morgan fingerprint density at radius 3 is 1.70 bits per heavy atom. The van der Waals surface area contributed by atoms with Crippen molar-refractivity contribution in [3.63, 3.8) is 0 Å². The molecule has 0 amide bonds. The molecular formula is C38H42N2. The summed E-state index contributed by atoms with van der Waals surface area (Å²) < 4.78 is 0. The van der Waals surface area contributed by atoms with Gasteiger partial charge in [0, 0.05) is 17.3 Å². The van der Waals surface area contributed by atoms with Crippen LogP contribution in [-0.2, 0) is 11.1 Å². The molecule has 2 nitrogen and oxygen atoms in total. The van der Waals surface area contributed by atoms with Crippen LogP contribution in [0.15, 0.2) is 95.2 Å². The maximum Gasteiger partial charge on any atom is 0.117 e. The van der Waals surface area contributed by atoms with Crippen LogP contribution >= 0.6 is 0 Å². The lowest BCUT2D eigenvalue weighted by Crippen LogP contribution is -2.44. The van der Waals surface area contributed by atoms with E-state index in [0.717, 1.165) is 0 Å². The van der Waals surface area contributed by atoms with Crippen LogP contribution in [-0.4, -0.2) is 0 Å². The van der Waals surface area contributed by atoms with Crippen molar-refractivity contribution in [1.82, 2.24) is 0 Å². The molecule has 6 unspecified atom stereocenters. The van der Waals surface area contributed by atoms with Crippen LogP contribution in [0.2, 0.25) is 0 Å². The lowest BCUT2D eigenvalue weighted by molar-refractivity contribution is 0.140. The van der Waals surface area contributed by atoms with Crippen molar-refractivity contribution in [1.29, 1.82) is 0 Å². The second kappa shape index (κ2) is 8.40. The summed E-state index contributed by atoms with van der Waals surface area (Å²) in [6.45, 7) is 9.95. The molecule has 204 valence electrons. The zero-order valence-electron chi connectivity index (χ0n) is 24.5. The van der Waals surface area contributed by atoms with Gasteiger partial charge in [0.2, 0.25) is 0 Å². The first-order chi connectivity index (χ1) is 19.3. The van der Waals surface area contributed by atoms with Gasteiger partial charge in [-0.15, -0.1) is 0 Å². The van der Waals surface area contributed by atoms with E-state index in [9.17, 15) is 0 Å². The van der Waals surface area contributed by atoms with Gasteiger partial charge in [-0.05, 0) is 77.0 Å². The van der Waals surface area contributed by atoms with Gasteiger partial charge < -0.3 is 0 Å². The van der Waals surface area contributed by atoms with Crippen molar-refractivity contribution in [2.75, 3.05) is 0 Å². The minimum Gasteiger partial charge on any atom is -0.181 e. The maximum atomic E-state index is 5.39. The summed E-state index contributed by atoms with van der Waals surface area (Å²) in [5.74, 6) is 5.72. The van der Waals surface area contributed by atoms with Crippen LogP contribution in [0.3, 0.4) is 0 Å². The Bertz CT molecular complexity index is 1460. The Hall–Kier alpha value is -2.74. The maximum absolute atomic E-state index is 5.39. The summed E-state index contributed by atoms with van der Waals surface area (Å²) in [6, 6.07) is 32.1. The molecule has 2 bridgehead atoms. The van der Waals surface area contributed by atoms with Crippen molar-refractivity contribution in [2.45, 2.75) is 77.3 Å². The van der Waals surface area contributed by atoms with E-state index in [-0.39, 0.29) is 21.9 Å². The Kier molecular flexibility index (Phi) is 5.25. The lowest BCUT2D eigenvalue weighted by atomic mass is 9.60. The second-order valence-corrected chi connectivity index (χ2v) is 14.4. The topological polar surface area (TPSA) is 24.7 Å². The van der Waals surface area contributed by atoms with E-state index in [0.29, 0.717) is 23.7 Å². The van der Waals surface area contributed by atoms with Gasteiger partial charge in [0.1, 0.15) is 11.1 Å². The molecule has 0 aromatic heterocycles. The van der Waals surface area contributed by atoms with Crippen LogP contribution in [0.5, 0.6) is 0 Å². The van der Waals surface area contributed by atoms with E-state index in [1.54, 1.807) is 11.8 Å². The smallest absolute Gasteiger partial charge is 0.117 e. The Morgan fingerprint density at radius 1 is 0.550 bits per heavy atom. The highest BCUT2D eigenvalue weighted by Crippen LogP contribution is 2.77. The lowest BCUT2D eigenvalue weighted by Gasteiger charge is -2.42. The molecule has 6 atom stereocenters. The molecule has 4 fully saturated rings. The van der Waals surface area contributed by atoms with Gasteiger partial charge in [-0.2, -0.15) is 10.2 Å². The van der Waals surface area contributed by atoms with Gasteiger partial charge in [0.15, 0.2) is 0 Å². The molecule has 5 aliphatic rings. The fraction of sp³-hybridized carbons (Fsp3) is 0.474. The molecule has 2 radical (unpaired) electrons. The standard InChI is InChI=1S/C38H42N2/c1-35(2)33(25-14-7-5-8-15-25)29-20-12-21-30(29)34(35)26-16-11-19-28(24-26)38-32-23-13-22-31(32)37(39-40-38,36(38,3)4)27-17-9-6-10-18-27/h5-11,14-19,24,29-32H,12-13,20-23H2,1-4H3. The first kappa shape index (κ1) is 25.0. The molecule has 4 saturated carbocycles. The monoisotopic (exact) mass is 526 g/mol. The summed E-state index contributed by atoms with van der Waals surface area (Å²) in [4.78, 5) is 0. The average Bonchev–Trinajstić information content (AvgIpc) is 3.74. The van der Waals surface area contributed by atoms with Gasteiger partial charge >= 0.3 is 0 Å². The molecule has 0 N–H and O–H groups in total. The number of azo groups is 1. The van der Waals surface area contributed by atoms with Crippen molar-refractivity contribution in [3.05, 3.63) is 119 Å². The Labute approximate surface area is 240 Å². The predicted octanol–water partition coefficient (Wildman–Crippen LogP) is 9.70. The highest BCUT2D eigenvalue weighted by atomic mass is 15.3. The van der Waals surface area contributed by atoms with Crippen LogP contribution < -0.4 is 0 Å². The van der Waals surface area contributed by atoms with Crippen molar-refractivity contribution >= 4 is 0 Å². The number of nitrogens with zero attached hydrogens (tertiary/aromatic N) is 2. The van der Waals surface area contributed by atoms with Gasteiger partial charge in [-0.25, -0.2) is 0 Å². The molecule has 4 aliphatic carbocycles. The molecule has 40 heavy (non-hydrogen) atoms. The third-order valence-electron chi connectivity index (χ3n) is 12.4. The number of fused-ring (bicyclic) bond motifs is 6. The van der Waals surface area contributed by atoms with E-state index in [1.165, 1.54) is 60.8 Å². The molecule has 1 aliphatic heterocycles. The number of rotatable bonds is 4. The van der Waals surface area contributed by atoms with Gasteiger partial charge in [0.25, 0.3) is 0 Å². The van der Waals surface area contributed by atoms with Crippen LogP contribution in [0.4, 0.5) is 0 Å². The molecule has 8 rings (SSSR count). The van der Waals surface area contributed by atoms with Gasteiger partial charge in [-0.1, -0.05) is 125 Å². The van der Waals surface area contributed by atoms with Crippen LogP contribution in [0.25, 0.3) is 0 Å². The summed E-state index contributed by atoms with van der Waals surface area (Å²) in [6.07, 6.45) is 7.76. The number of benzene rings is 3. The quantitative estimate of drug-likeness (QED) is 0.323. The zero-order valence-corrected chi connectivity index (χ0v) is 24.5. The molecule has 3 aromatic carbocycles. The van der Waals surface area contributed by atoms with E-state index in [4.69, 9.17) is 10.2 Å². The third kappa shape index (κ3) is 2.86. The summed E-state index contributed by atoms with van der Waals surface area (Å²) >= 11 is 0. The van der Waals surface area contributed by atoms with Gasteiger partial charge in [-0.3, -0.25) is 0 Å². The number of hydrogen-bond donors (Lipinski definition) is 0. The second-order valence-electron chi connectivity index (χ2n) is 14.4. The Morgan fingerprint density at radius 2 is 1.05 bits per heavy atom. The van der Waals surface area contributed by atoms with Crippen LogP contribution in [0, 0.1) is 46.3 Å². The first-order valence-electron chi connectivity index (χ1n) is 15.7. The number of hydrogen-bond acceptors (Lipinski definition) is 2. The summed E-state index contributed by atoms with van der Waals surface area (Å²) in [7, 11) is 0.